The van der Waals surface area contributed by atoms with Crippen molar-refractivity contribution in [1.29, 1.82) is 0 Å². The number of anilines is 1. The zero-order chi connectivity index (χ0) is 12.4. The third kappa shape index (κ3) is 2.60. The fourth-order valence-electron chi connectivity index (χ4n) is 1.52. The number of nitrogens with one attached hydrogen (secondary N) is 1. The zero-order valence-corrected chi connectivity index (χ0v) is 13.0. The molecule has 0 bridgehead atoms. The number of hydrogen-bond donors (Lipinski definition) is 1. The summed E-state index contributed by atoms with van der Waals surface area (Å²) in [6.07, 6.45) is 1.06. The van der Waals surface area contributed by atoms with Gasteiger partial charge in [0.15, 0.2) is 5.82 Å². The average Bonchev–Trinajstić information content (AvgIpc) is 2.81. The molecule has 2 heterocycles. The van der Waals surface area contributed by atoms with Crippen LogP contribution in [0.1, 0.15) is 17.5 Å². The minimum atomic E-state index is 0.817. The highest BCUT2D eigenvalue weighted by Crippen LogP contribution is 2.28. The van der Waals surface area contributed by atoms with Gasteiger partial charge in [0.1, 0.15) is 5.82 Å². The number of hydrogen-bond acceptors (Lipinski definition) is 4. The highest BCUT2D eigenvalue weighted by molar-refractivity contribution is 14.1. The standard InChI is InChI=1S/C12H14IN3S/c1-4-8-5-6-9(17-8)11-15-7(2)10(13)12(14-3)16-11/h5-6H,4H2,1-3H3,(H,14,15,16). The van der Waals surface area contributed by atoms with Crippen molar-refractivity contribution in [3.05, 3.63) is 26.3 Å². The van der Waals surface area contributed by atoms with E-state index in [4.69, 9.17) is 0 Å². The average molecular weight is 359 g/mol. The van der Waals surface area contributed by atoms with Crippen LogP contribution >= 0.6 is 33.9 Å². The van der Waals surface area contributed by atoms with Crippen LogP contribution < -0.4 is 5.32 Å². The van der Waals surface area contributed by atoms with Crippen molar-refractivity contribution in [2.75, 3.05) is 12.4 Å². The summed E-state index contributed by atoms with van der Waals surface area (Å²) in [6, 6.07) is 4.25. The number of nitrogens with zero attached hydrogens (tertiary/aromatic N) is 2. The molecule has 2 aromatic heterocycles. The monoisotopic (exact) mass is 359 g/mol. The minimum Gasteiger partial charge on any atom is -0.372 e. The Hall–Kier alpha value is -0.690. The molecule has 90 valence electrons. The molecule has 0 atom stereocenters. The fraction of sp³-hybridized carbons (Fsp3) is 0.333. The van der Waals surface area contributed by atoms with Crippen LogP contribution in [0.4, 0.5) is 5.82 Å². The van der Waals surface area contributed by atoms with Gasteiger partial charge in [-0.2, -0.15) is 0 Å². The zero-order valence-electron chi connectivity index (χ0n) is 10.0. The van der Waals surface area contributed by atoms with Gasteiger partial charge in [0.25, 0.3) is 0 Å². The Labute approximate surface area is 119 Å². The molecular formula is C12H14IN3S. The van der Waals surface area contributed by atoms with Crippen LogP contribution in [0, 0.1) is 10.5 Å². The van der Waals surface area contributed by atoms with Gasteiger partial charge in [-0.1, -0.05) is 6.92 Å². The Morgan fingerprint density at radius 3 is 2.71 bits per heavy atom. The summed E-state index contributed by atoms with van der Waals surface area (Å²) in [7, 11) is 1.89. The first-order valence-electron chi connectivity index (χ1n) is 5.46. The van der Waals surface area contributed by atoms with E-state index in [0.717, 1.165) is 32.2 Å². The Balaban J connectivity index is 2.48. The Kier molecular flexibility index (Phi) is 3.98. The molecule has 3 nitrogen and oxygen atoms in total. The van der Waals surface area contributed by atoms with E-state index < -0.39 is 0 Å². The van der Waals surface area contributed by atoms with Crippen molar-refractivity contribution in [3.63, 3.8) is 0 Å². The number of aryl methyl sites for hydroxylation is 2. The van der Waals surface area contributed by atoms with Crippen LogP contribution in [-0.2, 0) is 6.42 Å². The van der Waals surface area contributed by atoms with Crippen molar-refractivity contribution in [2.24, 2.45) is 0 Å². The molecule has 17 heavy (non-hydrogen) atoms. The molecule has 0 unspecified atom stereocenters. The highest BCUT2D eigenvalue weighted by atomic mass is 127. The van der Waals surface area contributed by atoms with Gasteiger partial charge in [0.05, 0.1) is 14.1 Å². The van der Waals surface area contributed by atoms with E-state index in [2.05, 4.69) is 56.9 Å². The van der Waals surface area contributed by atoms with Gasteiger partial charge >= 0.3 is 0 Å². The molecule has 0 aliphatic rings. The van der Waals surface area contributed by atoms with Crippen molar-refractivity contribution < 1.29 is 0 Å². The molecule has 0 aliphatic carbocycles. The van der Waals surface area contributed by atoms with Crippen molar-refractivity contribution in [1.82, 2.24) is 9.97 Å². The van der Waals surface area contributed by atoms with Gasteiger partial charge in [-0.25, -0.2) is 9.97 Å². The van der Waals surface area contributed by atoms with Crippen molar-refractivity contribution in [2.45, 2.75) is 20.3 Å². The Morgan fingerprint density at radius 1 is 1.35 bits per heavy atom. The Morgan fingerprint density at radius 2 is 2.12 bits per heavy atom. The predicted molar refractivity (Wildman–Crippen MR) is 81.7 cm³/mol. The SMILES string of the molecule is CCc1ccc(-c2nc(C)c(I)c(NC)n2)s1. The second kappa shape index (κ2) is 5.30. The summed E-state index contributed by atoms with van der Waals surface area (Å²) in [6.45, 7) is 4.18. The third-order valence-electron chi connectivity index (χ3n) is 2.48. The van der Waals surface area contributed by atoms with Crippen LogP contribution in [0.2, 0.25) is 0 Å². The molecule has 0 amide bonds. The third-order valence-corrected chi connectivity index (χ3v) is 5.00. The molecular weight excluding hydrogens is 345 g/mol. The minimum absolute atomic E-state index is 0.817. The van der Waals surface area contributed by atoms with Gasteiger partial charge in [0.2, 0.25) is 0 Å². The summed E-state index contributed by atoms with van der Waals surface area (Å²) in [4.78, 5) is 11.6. The molecule has 0 spiro atoms. The first kappa shape index (κ1) is 12.8. The van der Waals surface area contributed by atoms with Gasteiger partial charge in [-0.3, -0.25) is 0 Å². The van der Waals surface area contributed by atoms with Gasteiger partial charge in [-0.05, 0) is 48.1 Å². The molecule has 0 saturated carbocycles. The largest absolute Gasteiger partial charge is 0.372 e. The number of aromatic nitrogens is 2. The lowest BCUT2D eigenvalue weighted by Gasteiger charge is -2.07. The number of thiophene rings is 1. The van der Waals surface area contributed by atoms with Crippen molar-refractivity contribution >= 4 is 39.7 Å². The van der Waals surface area contributed by atoms with Crippen LogP contribution in [0.15, 0.2) is 12.1 Å². The highest BCUT2D eigenvalue weighted by Gasteiger charge is 2.11. The van der Waals surface area contributed by atoms with Crippen LogP contribution in [-0.4, -0.2) is 17.0 Å². The smallest absolute Gasteiger partial charge is 0.171 e. The summed E-state index contributed by atoms with van der Waals surface area (Å²) < 4.78 is 1.08. The van der Waals surface area contributed by atoms with E-state index in [0.29, 0.717) is 0 Å². The van der Waals surface area contributed by atoms with Gasteiger partial charge in [0, 0.05) is 11.9 Å². The molecule has 1 N–H and O–H groups in total. The van der Waals surface area contributed by atoms with E-state index in [1.807, 2.05) is 14.0 Å². The van der Waals surface area contributed by atoms with Crippen LogP contribution in [0.3, 0.4) is 0 Å². The number of halogens is 1. The molecule has 2 aromatic rings. The normalized spacial score (nSPS) is 10.6. The first-order valence-corrected chi connectivity index (χ1v) is 7.36. The van der Waals surface area contributed by atoms with Crippen LogP contribution in [0.5, 0.6) is 0 Å². The van der Waals surface area contributed by atoms with E-state index in [9.17, 15) is 0 Å². The fourth-order valence-corrected chi connectivity index (χ4v) is 2.92. The van der Waals surface area contributed by atoms with E-state index in [1.54, 1.807) is 11.3 Å². The lowest BCUT2D eigenvalue weighted by molar-refractivity contribution is 1.09. The first-order chi connectivity index (χ1) is 8.15. The van der Waals surface area contributed by atoms with Gasteiger partial charge < -0.3 is 5.32 Å². The second-order valence-electron chi connectivity index (χ2n) is 3.66. The maximum atomic E-state index is 4.55. The summed E-state index contributed by atoms with van der Waals surface area (Å²) in [5, 5.41) is 3.11. The summed E-state index contributed by atoms with van der Waals surface area (Å²) >= 11 is 4.03. The van der Waals surface area contributed by atoms with Crippen LogP contribution in [0.25, 0.3) is 10.7 Å². The predicted octanol–water partition coefficient (Wildman–Crippen LogP) is 3.72. The lowest BCUT2D eigenvalue weighted by atomic mass is 10.3. The quantitative estimate of drug-likeness (QED) is 0.849. The van der Waals surface area contributed by atoms with E-state index in [1.165, 1.54) is 4.88 Å². The topological polar surface area (TPSA) is 37.8 Å². The summed E-state index contributed by atoms with van der Waals surface area (Å²) in [5.74, 6) is 1.72. The number of rotatable bonds is 3. The van der Waals surface area contributed by atoms with E-state index >= 15 is 0 Å². The maximum absolute atomic E-state index is 4.55. The van der Waals surface area contributed by atoms with Gasteiger partial charge in [-0.15, -0.1) is 11.3 Å². The van der Waals surface area contributed by atoms with Crippen molar-refractivity contribution in [3.8, 4) is 10.7 Å². The molecule has 0 saturated heterocycles. The molecule has 2 rings (SSSR count). The van der Waals surface area contributed by atoms with E-state index in [-0.39, 0.29) is 0 Å². The molecule has 0 radical (unpaired) electrons. The molecule has 0 aliphatic heterocycles. The Bertz CT molecular complexity index is 537. The maximum Gasteiger partial charge on any atom is 0.171 e. The molecule has 0 fully saturated rings. The molecule has 0 aromatic carbocycles. The lowest BCUT2D eigenvalue weighted by Crippen LogP contribution is -2.02. The molecule has 5 heteroatoms. The second-order valence-corrected chi connectivity index (χ2v) is 5.91. The summed E-state index contributed by atoms with van der Waals surface area (Å²) in [5.41, 5.74) is 1.02.